The average Bonchev–Trinajstić information content (AvgIpc) is 3.07. The number of benzene rings is 2. The molecule has 2 aromatic carbocycles. The number of rotatable bonds is 6. The van der Waals surface area contributed by atoms with Gasteiger partial charge in [-0.1, -0.05) is 0 Å². The number of hydrogen-bond acceptors (Lipinski definition) is 7. The van der Waals surface area contributed by atoms with Crippen LogP contribution in [0, 0.1) is 0 Å². The maximum atomic E-state index is 11.7. The minimum atomic E-state index is -0.373. The number of nitrogens with zero attached hydrogens (tertiary/aromatic N) is 3. The zero-order valence-electron chi connectivity index (χ0n) is 15.0. The van der Waals surface area contributed by atoms with Crippen LogP contribution < -0.4 is 10.5 Å². The predicted molar refractivity (Wildman–Crippen MR) is 102 cm³/mol. The van der Waals surface area contributed by atoms with Gasteiger partial charge >= 0.3 is 5.97 Å². The summed E-state index contributed by atoms with van der Waals surface area (Å²) < 4.78 is 10.1. The molecule has 8 nitrogen and oxygen atoms in total. The topological polar surface area (TPSA) is 115 Å². The molecule has 138 valence electrons. The first-order valence-corrected chi connectivity index (χ1v) is 8.29. The van der Waals surface area contributed by atoms with Crippen molar-refractivity contribution in [1.82, 2.24) is 10.2 Å². The number of carbonyl (C=O) groups is 1. The number of nitrogens with two attached hydrogens (primary N) is 1. The molecule has 3 N–H and O–H groups in total. The third kappa shape index (κ3) is 4.12. The molecule has 0 bridgehead atoms. The summed E-state index contributed by atoms with van der Waals surface area (Å²) in [5, 5.41) is 15.3. The molecule has 0 unspecified atom stereocenters. The van der Waals surface area contributed by atoms with E-state index < -0.39 is 0 Å². The summed E-state index contributed by atoms with van der Waals surface area (Å²) in [6, 6.07) is 14.0. The Bertz CT molecular complexity index is 946. The summed E-state index contributed by atoms with van der Waals surface area (Å²) in [6.45, 7) is 2.09. The van der Waals surface area contributed by atoms with Gasteiger partial charge in [0.15, 0.2) is 11.5 Å². The second-order valence-electron chi connectivity index (χ2n) is 5.53. The fraction of sp³-hybridized carbons (Fsp3) is 0.158. The van der Waals surface area contributed by atoms with Gasteiger partial charge in [-0.15, -0.1) is 5.11 Å². The van der Waals surface area contributed by atoms with Gasteiger partial charge in [-0.25, -0.2) is 4.79 Å². The summed E-state index contributed by atoms with van der Waals surface area (Å²) in [4.78, 5) is 11.7. The molecule has 0 saturated carbocycles. The van der Waals surface area contributed by atoms with Crippen molar-refractivity contribution in [1.29, 1.82) is 0 Å². The van der Waals surface area contributed by atoms with Gasteiger partial charge in [0.1, 0.15) is 5.75 Å². The number of aromatic nitrogens is 2. The second-order valence-corrected chi connectivity index (χ2v) is 5.53. The van der Waals surface area contributed by atoms with Crippen molar-refractivity contribution in [2.75, 3.05) is 19.5 Å². The van der Waals surface area contributed by atoms with Crippen LogP contribution in [0.1, 0.15) is 17.3 Å². The van der Waals surface area contributed by atoms with Crippen molar-refractivity contribution in [2.45, 2.75) is 6.92 Å². The van der Waals surface area contributed by atoms with E-state index in [2.05, 4.69) is 20.4 Å². The highest BCUT2D eigenvalue weighted by Crippen LogP contribution is 2.34. The van der Waals surface area contributed by atoms with Crippen molar-refractivity contribution < 1.29 is 14.3 Å². The molecule has 0 atom stereocenters. The number of carbonyl (C=O) groups excluding carboxylic acids is 1. The van der Waals surface area contributed by atoms with E-state index in [0.29, 0.717) is 29.2 Å². The lowest BCUT2D eigenvalue weighted by atomic mass is 10.1. The summed E-state index contributed by atoms with van der Waals surface area (Å²) in [5.41, 5.74) is 8.89. The van der Waals surface area contributed by atoms with Crippen LogP contribution in [0.4, 0.5) is 17.2 Å². The van der Waals surface area contributed by atoms with Gasteiger partial charge in [0, 0.05) is 5.56 Å². The Morgan fingerprint density at radius 3 is 2.44 bits per heavy atom. The number of anilines is 1. The van der Waals surface area contributed by atoms with Gasteiger partial charge < -0.3 is 15.2 Å². The van der Waals surface area contributed by atoms with Crippen LogP contribution in [-0.2, 0) is 4.74 Å². The van der Waals surface area contributed by atoms with E-state index in [1.165, 1.54) is 0 Å². The standard InChI is InChI=1S/C19H19N5O3/c1-3-27-19(25)13-4-8-14(9-5-13)21-23-17-16(22-24-18(17)20)12-6-10-15(26-2)11-7-12/h4-11H,3H2,1-2H3,(H3,20,22,24). The van der Waals surface area contributed by atoms with Crippen LogP contribution >= 0.6 is 0 Å². The van der Waals surface area contributed by atoms with E-state index in [-0.39, 0.29) is 11.8 Å². The predicted octanol–water partition coefficient (Wildman–Crippen LogP) is 4.26. The number of nitrogens with one attached hydrogen (secondary N) is 1. The molecule has 0 aliphatic rings. The van der Waals surface area contributed by atoms with Crippen molar-refractivity contribution >= 4 is 23.2 Å². The fourth-order valence-corrected chi connectivity index (χ4v) is 2.40. The number of nitrogen functional groups attached to an aromatic ring is 1. The molecule has 0 fully saturated rings. The van der Waals surface area contributed by atoms with Crippen LogP contribution in [0.5, 0.6) is 5.75 Å². The highest BCUT2D eigenvalue weighted by Gasteiger charge is 2.13. The van der Waals surface area contributed by atoms with Crippen LogP contribution in [0.3, 0.4) is 0 Å². The maximum absolute atomic E-state index is 11.7. The third-order valence-corrected chi connectivity index (χ3v) is 3.79. The zero-order chi connectivity index (χ0) is 19.2. The zero-order valence-corrected chi connectivity index (χ0v) is 15.0. The van der Waals surface area contributed by atoms with E-state index in [1.54, 1.807) is 38.3 Å². The molecule has 1 heterocycles. The minimum absolute atomic E-state index is 0.243. The quantitative estimate of drug-likeness (QED) is 0.500. The smallest absolute Gasteiger partial charge is 0.338 e. The van der Waals surface area contributed by atoms with Crippen LogP contribution in [0.25, 0.3) is 11.3 Å². The van der Waals surface area contributed by atoms with Crippen LogP contribution in [0.2, 0.25) is 0 Å². The molecule has 27 heavy (non-hydrogen) atoms. The normalized spacial score (nSPS) is 10.9. The number of methoxy groups -OCH3 is 1. The van der Waals surface area contributed by atoms with E-state index in [9.17, 15) is 4.79 Å². The lowest BCUT2D eigenvalue weighted by Gasteiger charge is -2.03. The molecule has 0 radical (unpaired) electrons. The number of esters is 1. The SMILES string of the molecule is CCOC(=O)c1ccc(N=Nc2c(N)n[nH]c2-c2ccc(OC)cc2)cc1. The first-order valence-electron chi connectivity index (χ1n) is 8.29. The molecule has 0 amide bonds. The van der Waals surface area contributed by atoms with Crippen LogP contribution in [0.15, 0.2) is 58.8 Å². The minimum Gasteiger partial charge on any atom is -0.497 e. The third-order valence-electron chi connectivity index (χ3n) is 3.79. The van der Waals surface area contributed by atoms with Crippen molar-refractivity contribution in [3.05, 3.63) is 54.1 Å². The van der Waals surface area contributed by atoms with Gasteiger partial charge in [0.2, 0.25) is 0 Å². The van der Waals surface area contributed by atoms with Crippen molar-refractivity contribution in [3.63, 3.8) is 0 Å². The summed E-state index contributed by atoms with van der Waals surface area (Å²) in [6.07, 6.45) is 0. The van der Waals surface area contributed by atoms with Crippen LogP contribution in [-0.4, -0.2) is 29.9 Å². The molecule has 0 saturated heterocycles. The number of aromatic amines is 1. The van der Waals surface area contributed by atoms with E-state index >= 15 is 0 Å². The largest absolute Gasteiger partial charge is 0.497 e. The lowest BCUT2D eigenvalue weighted by Crippen LogP contribution is -2.03. The highest BCUT2D eigenvalue weighted by atomic mass is 16.5. The van der Waals surface area contributed by atoms with Gasteiger partial charge in [-0.3, -0.25) is 5.10 Å². The molecule has 0 spiro atoms. The molecule has 0 aliphatic carbocycles. The molecule has 3 rings (SSSR count). The summed E-state index contributed by atoms with van der Waals surface area (Å²) in [5.74, 6) is 0.616. The Morgan fingerprint density at radius 2 is 1.81 bits per heavy atom. The molecule has 1 aromatic heterocycles. The molecule has 0 aliphatic heterocycles. The summed E-state index contributed by atoms with van der Waals surface area (Å²) in [7, 11) is 1.61. The fourth-order valence-electron chi connectivity index (χ4n) is 2.40. The number of H-pyrrole nitrogens is 1. The Morgan fingerprint density at radius 1 is 1.11 bits per heavy atom. The lowest BCUT2D eigenvalue weighted by molar-refractivity contribution is 0.0526. The Labute approximate surface area is 156 Å². The van der Waals surface area contributed by atoms with Gasteiger partial charge in [-0.2, -0.15) is 10.2 Å². The Kier molecular flexibility index (Phi) is 5.46. The molecule has 3 aromatic rings. The van der Waals surface area contributed by atoms with E-state index in [4.69, 9.17) is 15.2 Å². The Hall–Kier alpha value is -3.68. The monoisotopic (exact) mass is 365 g/mol. The van der Waals surface area contributed by atoms with Gasteiger partial charge in [0.25, 0.3) is 0 Å². The first-order chi connectivity index (χ1) is 13.1. The second kappa shape index (κ2) is 8.13. The summed E-state index contributed by atoms with van der Waals surface area (Å²) >= 11 is 0. The van der Waals surface area contributed by atoms with Crippen molar-refractivity contribution in [2.24, 2.45) is 10.2 Å². The van der Waals surface area contributed by atoms with Gasteiger partial charge in [0.05, 0.1) is 30.7 Å². The molecule has 8 heteroatoms. The van der Waals surface area contributed by atoms with E-state index in [1.807, 2.05) is 24.3 Å². The number of azo groups is 1. The Balaban J connectivity index is 1.83. The number of hydrogen-bond donors (Lipinski definition) is 2. The van der Waals surface area contributed by atoms with E-state index in [0.717, 1.165) is 11.3 Å². The molecular formula is C19H19N5O3. The maximum Gasteiger partial charge on any atom is 0.338 e. The molecular weight excluding hydrogens is 346 g/mol. The van der Waals surface area contributed by atoms with Crippen molar-refractivity contribution in [3.8, 4) is 17.0 Å². The first kappa shape index (κ1) is 18.1. The average molecular weight is 365 g/mol. The highest BCUT2D eigenvalue weighted by molar-refractivity contribution is 5.89. The number of ether oxygens (including phenoxy) is 2. The van der Waals surface area contributed by atoms with Gasteiger partial charge in [-0.05, 0) is 55.5 Å².